The monoisotopic (exact) mass is 789 g/mol. The second-order valence-corrected chi connectivity index (χ2v) is 16.0. The highest BCUT2D eigenvalue weighted by molar-refractivity contribution is 6.22. The quantitative estimate of drug-likeness (QED) is 0.150. The number of hydrogen-bond acceptors (Lipinski definition) is 2. The maximum absolute atomic E-state index is 6.49. The van der Waals surface area contributed by atoms with Gasteiger partial charge in [-0.2, -0.15) is 0 Å². The molecule has 2 nitrogen and oxygen atoms in total. The van der Waals surface area contributed by atoms with Gasteiger partial charge in [-0.25, -0.2) is 0 Å². The smallest absolute Gasteiger partial charge is 0.137 e. The van der Waals surface area contributed by atoms with Gasteiger partial charge in [0.1, 0.15) is 11.2 Å². The van der Waals surface area contributed by atoms with Crippen LogP contribution in [0.4, 0.5) is 17.1 Å². The lowest BCUT2D eigenvalue weighted by Gasteiger charge is -2.27. The van der Waals surface area contributed by atoms with Gasteiger partial charge in [-0.15, -0.1) is 0 Å². The lowest BCUT2D eigenvalue weighted by Crippen LogP contribution is -2.10. The molecule has 0 amide bonds. The van der Waals surface area contributed by atoms with Gasteiger partial charge in [0, 0.05) is 33.9 Å². The maximum Gasteiger partial charge on any atom is 0.137 e. The summed E-state index contributed by atoms with van der Waals surface area (Å²) in [6.07, 6.45) is 0. The van der Waals surface area contributed by atoms with Gasteiger partial charge in [0.05, 0.1) is 0 Å². The Morgan fingerprint density at radius 1 is 0.258 bits per heavy atom. The van der Waals surface area contributed by atoms with Crippen LogP contribution in [0.1, 0.15) is 0 Å². The van der Waals surface area contributed by atoms with Crippen molar-refractivity contribution in [3.63, 3.8) is 0 Å². The molecule has 0 aliphatic rings. The zero-order valence-corrected chi connectivity index (χ0v) is 33.9. The Balaban J connectivity index is 1.03. The van der Waals surface area contributed by atoms with Gasteiger partial charge in [0.2, 0.25) is 0 Å². The molecule has 1 heterocycles. The Morgan fingerprint density at radius 3 is 1.47 bits per heavy atom. The van der Waals surface area contributed by atoms with Crippen LogP contribution < -0.4 is 4.90 Å². The average molecular weight is 790 g/mol. The first-order valence-electron chi connectivity index (χ1n) is 21.2. The van der Waals surface area contributed by atoms with Crippen LogP contribution in [-0.2, 0) is 0 Å². The Kier molecular flexibility index (Phi) is 8.53. The summed E-state index contributed by atoms with van der Waals surface area (Å²) < 4.78 is 6.49. The van der Waals surface area contributed by atoms with Crippen LogP contribution in [0, 0.1) is 0 Å². The van der Waals surface area contributed by atoms with Crippen LogP contribution in [-0.4, -0.2) is 0 Å². The molecule has 290 valence electrons. The van der Waals surface area contributed by atoms with E-state index in [4.69, 9.17) is 4.42 Å². The first-order valence-corrected chi connectivity index (χ1v) is 21.2. The molecule has 12 aromatic rings. The fourth-order valence-electron chi connectivity index (χ4n) is 9.55. The SMILES string of the molecule is c1ccc(-c2c(-c3ccccc3)c3cc(N(c4ccc(-c5ccc(-c6cccc7ccccc67)cc5)cc4)c4ccc5c(c4)oc4ccccc45)ccc3c3ccccc23)cc1. The standard InChI is InChI=1S/C60H39NO/c1-3-15-44(16-4-1)59-55-23-10-9-21-51(55)52-36-34-47(38-56(52)60(59)45-17-5-2-6-18-45)61(48-35-37-54-53-22-11-12-25-57(53)62-58(54)39-48)46-32-30-41(31-33-46)40-26-28-43(29-27-40)50-24-13-19-42-14-7-8-20-49(42)50/h1-39H. The van der Waals surface area contributed by atoms with E-state index in [2.05, 4.69) is 229 Å². The van der Waals surface area contributed by atoms with E-state index in [0.717, 1.165) is 44.6 Å². The molecule has 0 fully saturated rings. The fraction of sp³-hybridized carbons (Fsp3) is 0. The van der Waals surface area contributed by atoms with Gasteiger partial charge in [-0.05, 0) is 119 Å². The minimum atomic E-state index is 0.861. The third-order valence-electron chi connectivity index (χ3n) is 12.5. The second kappa shape index (κ2) is 14.8. The van der Waals surface area contributed by atoms with Gasteiger partial charge in [-0.1, -0.05) is 188 Å². The van der Waals surface area contributed by atoms with Crippen molar-refractivity contribution < 1.29 is 4.42 Å². The summed E-state index contributed by atoms with van der Waals surface area (Å²) in [6.45, 7) is 0. The van der Waals surface area contributed by atoms with Gasteiger partial charge in [-0.3, -0.25) is 0 Å². The maximum atomic E-state index is 6.49. The molecule has 0 bridgehead atoms. The lowest BCUT2D eigenvalue weighted by atomic mass is 9.85. The molecule has 0 aliphatic carbocycles. The summed E-state index contributed by atoms with van der Waals surface area (Å²) in [6, 6.07) is 85.5. The molecule has 62 heavy (non-hydrogen) atoms. The van der Waals surface area contributed by atoms with Gasteiger partial charge < -0.3 is 9.32 Å². The molecule has 12 rings (SSSR count). The van der Waals surface area contributed by atoms with Gasteiger partial charge >= 0.3 is 0 Å². The van der Waals surface area contributed by atoms with E-state index in [-0.39, 0.29) is 0 Å². The van der Waals surface area contributed by atoms with E-state index in [1.807, 2.05) is 12.1 Å². The second-order valence-electron chi connectivity index (χ2n) is 16.0. The molecule has 0 saturated carbocycles. The summed E-state index contributed by atoms with van der Waals surface area (Å²) in [5.74, 6) is 0. The molecule has 2 heteroatoms. The lowest BCUT2D eigenvalue weighted by molar-refractivity contribution is 0.669. The molecule has 0 saturated heterocycles. The highest BCUT2D eigenvalue weighted by atomic mass is 16.3. The summed E-state index contributed by atoms with van der Waals surface area (Å²) in [7, 11) is 0. The number of para-hydroxylation sites is 1. The largest absolute Gasteiger partial charge is 0.456 e. The first kappa shape index (κ1) is 35.7. The summed E-state index contributed by atoms with van der Waals surface area (Å²) in [5, 5.41) is 9.64. The molecule has 11 aromatic carbocycles. The molecule has 0 aliphatic heterocycles. The van der Waals surface area contributed by atoms with Crippen molar-refractivity contribution in [1.82, 2.24) is 0 Å². The van der Waals surface area contributed by atoms with Crippen LogP contribution in [0.15, 0.2) is 241 Å². The molecule has 1 aromatic heterocycles. The summed E-state index contributed by atoms with van der Waals surface area (Å²) >= 11 is 0. The number of fused-ring (bicyclic) bond motifs is 7. The molecular formula is C60H39NO. The number of anilines is 3. The minimum Gasteiger partial charge on any atom is -0.456 e. The van der Waals surface area contributed by atoms with Crippen molar-refractivity contribution in [3.8, 4) is 44.5 Å². The van der Waals surface area contributed by atoms with Crippen molar-refractivity contribution in [2.75, 3.05) is 4.90 Å². The predicted molar refractivity (Wildman–Crippen MR) is 263 cm³/mol. The molecule has 0 spiro atoms. The molecule has 0 radical (unpaired) electrons. The molecular weight excluding hydrogens is 751 g/mol. The van der Waals surface area contributed by atoms with E-state index in [1.165, 1.54) is 71.3 Å². The summed E-state index contributed by atoms with van der Waals surface area (Å²) in [4.78, 5) is 2.37. The zero-order chi connectivity index (χ0) is 41.0. The van der Waals surface area contributed by atoms with Crippen LogP contribution in [0.5, 0.6) is 0 Å². The van der Waals surface area contributed by atoms with Crippen molar-refractivity contribution in [2.24, 2.45) is 0 Å². The van der Waals surface area contributed by atoms with E-state index >= 15 is 0 Å². The van der Waals surface area contributed by atoms with Gasteiger partial charge in [0.25, 0.3) is 0 Å². The van der Waals surface area contributed by atoms with Crippen molar-refractivity contribution in [1.29, 1.82) is 0 Å². The van der Waals surface area contributed by atoms with Gasteiger partial charge in [0.15, 0.2) is 0 Å². The Bertz CT molecular complexity index is 3600. The number of benzene rings is 11. The van der Waals surface area contributed by atoms with E-state index in [9.17, 15) is 0 Å². The fourth-order valence-corrected chi connectivity index (χ4v) is 9.55. The van der Waals surface area contributed by atoms with Crippen molar-refractivity contribution in [2.45, 2.75) is 0 Å². The third-order valence-corrected chi connectivity index (χ3v) is 12.5. The number of hydrogen-bond donors (Lipinski definition) is 0. The molecule has 0 atom stereocenters. The normalized spacial score (nSPS) is 11.5. The number of furan rings is 1. The predicted octanol–water partition coefficient (Wildman–Crippen LogP) is 17.2. The molecule has 0 unspecified atom stereocenters. The average Bonchev–Trinajstić information content (AvgIpc) is 3.72. The highest BCUT2D eigenvalue weighted by Gasteiger charge is 2.21. The van der Waals surface area contributed by atoms with Crippen molar-refractivity contribution in [3.05, 3.63) is 237 Å². The van der Waals surface area contributed by atoms with Crippen LogP contribution in [0.2, 0.25) is 0 Å². The molecule has 0 N–H and O–H groups in total. The minimum absolute atomic E-state index is 0.861. The Morgan fingerprint density at radius 2 is 0.742 bits per heavy atom. The van der Waals surface area contributed by atoms with Crippen LogP contribution in [0.3, 0.4) is 0 Å². The zero-order valence-electron chi connectivity index (χ0n) is 33.9. The summed E-state index contributed by atoms with van der Waals surface area (Å²) in [5.41, 5.74) is 14.5. The van der Waals surface area contributed by atoms with Crippen molar-refractivity contribution >= 4 is 71.3 Å². The third kappa shape index (κ3) is 6.04. The van der Waals surface area contributed by atoms with E-state index in [0.29, 0.717) is 0 Å². The van der Waals surface area contributed by atoms with E-state index < -0.39 is 0 Å². The van der Waals surface area contributed by atoms with Crippen LogP contribution >= 0.6 is 0 Å². The first-order chi connectivity index (χ1) is 30.7. The Hall–Kier alpha value is -8.20. The van der Waals surface area contributed by atoms with Crippen LogP contribution in [0.25, 0.3) is 98.8 Å². The number of rotatable bonds is 7. The number of nitrogens with zero attached hydrogens (tertiary/aromatic N) is 1. The van der Waals surface area contributed by atoms with E-state index in [1.54, 1.807) is 0 Å². The Labute approximate surface area is 360 Å². The highest BCUT2D eigenvalue weighted by Crippen LogP contribution is 2.47. The topological polar surface area (TPSA) is 16.4 Å².